The molecule has 0 bridgehead atoms. The van der Waals surface area contributed by atoms with Gasteiger partial charge in [0.25, 0.3) is 0 Å². The van der Waals surface area contributed by atoms with Crippen molar-refractivity contribution in [1.82, 2.24) is 0 Å². The van der Waals surface area contributed by atoms with Crippen LogP contribution in [0.5, 0.6) is 5.75 Å². The zero-order valence-corrected chi connectivity index (χ0v) is 10.3. The van der Waals surface area contributed by atoms with Gasteiger partial charge >= 0.3 is 0 Å². The zero-order valence-electron chi connectivity index (χ0n) is 9.59. The maximum Gasteiger partial charge on any atom is 0.116 e. The van der Waals surface area contributed by atoms with E-state index in [1.54, 1.807) is 12.1 Å². The van der Waals surface area contributed by atoms with E-state index in [2.05, 4.69) is 0 Å². The lowest BCUT2D eigenvalue weighted by Gasteiger charge is -2.35. The first-order valence-corrected chi connectivity index (χ1v) is 6.19. The van der Waals surface area contributed by atoms with Crippen LogP contribution in [-0.4, -0.2) is 5.11 Å². The Labute approximate surface area is 101 Å². The Bertz CT molecular complexity index is 397. The van der Waals surface area contributed by atoms with Gasteiger partial charge < -0.3 is 10.8 Å². The summed E-state index contributed by atoms with van der Waals surface area (Å²) in [6, 6.07) is 3.40. The highest BCUT2D eigenvalue weighted by Crippen LogP contribution is 2.40. The molecule has 2 nitrogen and oxygen atoms in total. The van der Waals surface area contributed by atoms with E-state index >= 15 is 0 Å². The predicted octanol–water partition coefficient (Wildman–Crippen LogP) is 3.47. The number of benzene rings is 1. The van der Waals surface area contributed by atoms with Gasteiger partial charge in [0.1, 0.15) is 5.75 Å². The van der Waals surface area contributed by atoms with E-state index in [1.807, 2.05) is 6.92 Å². The number of nitrogens with two attached hydrogens (primary N) is 1. The van der Waals surface area contributed by atoms with E-state index in [4.69, 9.17) is 17.3 Å². The van der Waals surface area contributed by atoms with Gasteiger partial charge in [-0.1, -0.05) is 30.9 Å². The van der Waals surface area contributed by atoms with E-state index in [1.165, 1.54) is 6.42 Å². The first-order chi connectivity index (χ1) is 7.53. The lowest BCUT2D eigenvalue weighted by molar-refractivity contribution is 0.301. The molecule has 88 valence electrons. The molecule has 0 atom stereocenters. The van der Waals surface area contributed by atoms with E-state index < -0.39 is 0 Å². The summed E-state index contributed by atoms with van der Waals surface area (Å²) in [5.74, 6) is 0.257. The number of aromatic hydroxyl groups is 1. The van der Waals surface area contributed by atoms with Crippen LogP contribution in [0.2, 0.25) is 5.02 Å². The molecule has 0 unspecified atom stereocenters. The van der Waals surface area contributed by atoms with Crippen molar-refractivity contribution in [2.45, 2.75) is 44.6 Å². The third-order valence-electron chi connectivity index (χ3n) is 3.52. The molecular formula is C13H18ClNO. The second kappa shape index (κ2) is 4.27. The van der Waals surface area contributed by atoms with Crippen molar-refractivity contribution in [2.24, 2.45) is 5.73 Å². The summed E-state index contributed by atoms with van der Waals surface area (Å²) in [5.41, 5.74) is 7.88. The summed E-state index contributed by atoms with van der Waals surface area (Å²) in [7, 11) is 0. The van der Waals surface area contributed by atoms with Gasteiger partial charge in [-0.05, 0) is 43.0 Å². The zero-order chi connectivity index (χ0) is 11.8. The average Bonchev–Trinajstić information content (AvgIpc) is 2.24. The molecule has 0 saturated heterocycles. The summed E-state index contributed by atoms with van der Waals surface area (Å²) in [4.78, 5) is 0. The van der Waals surface area contributed by atoms with Crippen LogP contribution in [0.1, 0.15) is 43.2 Å². The molecule has 0 aliphatic heterocycles. The van der Waals surface area contributed by atoms with Crippen molar-refractivity contribution in [3.63, 3.8) is 0 Å². The summed E-state index contributed by atoms with van der Waals surface area (Å²) < 4.78 is 0. The maximum atomic E-state index is 9.65. The van der Waals surface area contributed by atoms with Crippen LogP contribution in [0.4, 0.5) is 0 Å². The molecule has 1 aliphatic rings. The smallest absolute Gasteiger partial charge is 0.116 e. The molecule has 0 amide bonds. The largest absolute Gasteiger partial charge is 0.508 e. The molecule has 1 aromatic carbocycles. The van der Waals surface area contributed by atoms with Crippen LogP contribution >= 0.6 is 11.6 Å². The summed E-state index contributed by atoms with van der Waals surface area (Å²) >= 11 is 6.30. The molecule has 3 N–H and O–H groups in total. The molecule has 0 radical (unpaired) electrons. The van der Waals surface area contributed by atoms with E-state index in [-0.39, 0.29) is 11.3 Å². The molecule has 1 saturated carbocycles. The summed E-state index contributed by atoms with van der Waals surface area (Å²) in [6.07, 6.45) is 5.43. The minimum Gasteiger partial charge on any atom is -0.508 e. The van der Waals surface area contributed by atoms with Crippen LogP contribution < -0.4 is 5.73 Å². The van der Waals surface area contributed by atoms with Gasteiger partial charge in [0.05, 0.1) is 0 Å². The lowest BCUT2D eigenvalue weighted by Crippen LogP contribution is -2.38. The number of hydrogen-bond donors (Lipinski definition) is 2. The van der Waals surface area contributed by atoms with Crippen molar-refractivity contribution < 1.29 is 5.11 Å². The molecule has 2 rings (SSSR count). The van der Waals surface area contributed by atoms with E-state index in [0.29, 0.717) is 5.02 Å². The highest BCUT2D eigenvalue weighted by molar-refractivity contribution is 6.32. The predicted molar refractivity (Wildman–Crippen MR) is 66.8 cm³/mol. The standard InChI is InChI=1S/C13H18ClNO/c1-9-7-10(16)8-11(12(9)14)13(15)5-3-2-4-6-13/h7-8,16H,2-6,15H2,1H3. The number of phenols is 1. The fourth-order valence-corrected chi connectivity index (χ4v) is 2.86. The third kappa shape index (κ3) is 2.04. The highest BCUT2D eigenvalue weighted by atomic mass is 35.5. The van der Waals surface area contributed by atoms with Crippen molar-refractivity contribution in [3.05, 3.63) is 28.3 Å². The number of halogens is 1. The first kappa shape index (κ1) is 11.7. The Morgan fingerprint density at radius 1 is 1.25 bits per heavy atom. The van der Waals surface area contributed by atoms with Gasteiger partial charge in [-0.25, -0.2) is 0 Å². The molecule has 0 spiro atoms. The van der Waals surface area contributed by atoms with Crippen LogP contribution in [0.25, 0.3) is 0 Å². The molecule has 16 heavy (non-hydrogen) atoms. The quantitative estimate of drug-likeness (QED) is 0.788. The van der Waals surface area contributed by atoms with Crippen LogP contribution in [0.3, 0.4) is 0 Å². The minimum atomic E-state index is -0.348. The molecule has 1 aromatic rings. The molecular weight excluding hydrogens is 222 g/mol. The van der Waals surface area contributed by atoms with Gasteiger partial charge in [0.2, 0.25) is 0 Å². The first-order valence-electron chi connectivity index (χ1n) is 5.81. The topological polar surface area (TPSA) is 46.2 Å². The normalized spacial score (nSPS) is 19.7. The molecule has 1 aliphatic carbocycles. The van der Waals surface area contributed by atoms with E-state index in [9.17, 15) is 5.11 Å². The lowest BCUT2D eigenvalue weighted by atomic mass is 9.77. The van der Waals surface area contributed by atoms with Gasteiger partial charge in [-0.2, -0.15) is 0 Å². The molecule has 1 fully saturated rings. The van der Waals surface area contributed by atoms with Crippen molar-refractivity contribution in [2.75, 3.05) is 0 Å². The van der Waals surface area contributed by atoms with Crippen LogP contribution in [-0.2, 0) is 5.54 Å². The number of aryl methyl sites for hydroxylation is 1. The number of phenolic OH excluding ortho intramolecular Hbond substituents is 1. The molecule has 0 heterocycles. The van der Waals surface area contributed by atoms with Crippen molar-refractivity contribution in [3.8, 4) is 5.75 Å². The molecule has 3 heteroatoms. The Kier molecular flexibility index (Phi) is 3.13. The fraction of sp³-hybridized carbons (Fsp3) is 0.538. The summed E-state index contributed by atoms with van der Waals surface area (Å²) in [6.45, 7) is 1.90. The maximum absolute atomic E-state index is 9.65. The highest BCUT2D eigenvalue weighted by Gasteiger charge is 2.32. The minimum absolute atomic E-state index is 0.257. The SMILES string of the molecule is Cc1cc(O)cc(C2(N)CCCCC2)c1Cl. The number of hydrogen-bond acceptors (Lipinski definition) is 2. The second-order valence-corrected chi connectivity index (χ2v) is 5.22. The second-order valence-electron chi connectivity index (χ2n) is 4.84. The van der Waals surface area contributed by atoms with Crippen LogP contribution in [0, 0.1) is 6.92 Å². The monoisotopic (exact) mass is 239 g/mol. The Morgan fingerprint density at radius 2 is 1.88 bits per heavy atom. The average molecular weight is 240 g/mol. The van der Waals surface area contributed by atoms with Crippen LogP contribution in [0.15, 0.2) is 12.1 Å². The van der Waals surface area contributed by atoms with Gasteiger partial charge in [0, 0.05) is 10.6 Å². The van der Waals surface area contributed by atoms with Gasteiger partial charge in [-0.15, -0.1) is 0 Å². The van der Waals surface area contributed by atoms with Crippen molar-refractivity contribution in [1.29, 1.82) is 0 Å². The Balaban J connectivity index is 2.45. The van der Waals surface area contributed by atoms with Crippen molar-refractivity contribution >= 4 is 11.6 Å². The van der Waals surface area contributed by atoms with Gasteiger partial charge in [-0.3, -0.25) is 0 Å². The summed E-state index contributed by atoms with van der Waals surface area (Å²) in [5, 5.41) is 10.4. The van der Waals surface area contributed by atoms with E-state index in [0.717, 1.165) is 36.8 Å². The third-order valence-corrected chi connectivity index (χ3v) is 4.02. The Morgan fingerprint density at radius 3 is 2.50 bits per heavy atom. The van der Waals surface area contributed by atoms with Gasteiger partial charge in [0.15, 0.2) is 0 Å². The number of rotatable bonds is 1. The molecule has 0 aromatic heterocycles. The fourth-order valence-electron chi connectivity index (χ4n) is 2.56. The Hall–Kier alpha value is -0.730.